The van der Waals surface area contributed by atoms with Crippen LogP contribution >= 0.6 is 23.2 Å². The van der Waals surface area contributed by atoms with Gasteiger partial charge in [-0.2, -0.15) is 0 Å². The molecular weight excluding hydrogens is 289 g/mol. The second kappa shape index (κ2) is 7.58. The lowest BCUT2D eigenvalue weighted by Crippen LogP contribution is -2.33. The van der Waals surface area contributed by atoms with Crippen molar-refractivity contribution in [1.82, 2.24) is 5.32 Å². The summed E-state index contributed by atoms with van der Waals surface area (Å²) in [6.45, 7) is 2.50. The van der Waals surface area contributed by atoms with Gasteiger partial charge in [0, 0.05) is 25.3 Å². The molecule has 1 N–H and O–H groups in total. The average molecular weight is 306 g/mol. The molecule has 1 rings (SSSR count). The Morgan fingerprint density at radius 1 is 1.32 bits per heavy atom. The van der Waals surface area contributed by atoms with E-state index >= 15 is 0 Å². The number of hydrogen-bond acceptors (Lipinski definition) is 3. The normalized spacial score (nSPS) is 12.1. The lowest BCUT2D eigenvalue weighted by Gasteiger charge is -2.14. The fourth-order valence-electron chi connectivity index (χ4n) is 1.56. The van der Waals surface area contributed by atoms with Crippen molar-refractivity contribution in [3.05, 3.63) is 27.7 Å². The first kappa shape index (κ1) is 16.1. The van der Waals surface area contributed by atoms with Crippen molar-refractivity contribution in [2.45, 2.75) is 19.4 Å². The molecule has 1 aromatic carbocycles. The highest BCUT2D eigenvalue weighted by molar-refractivity contribution is 6.37. The van der Waals surface area contributed by atoms with Crippen LogP contribution in [0.25, 0.3) is 0 Å². The smallest absolute Gasteiger partial charge is 0.251 e. The molecule has 106 valence electrons. The molecule has 0 radical (unpaired) electrons. The Morgan fingerprint density at radius 2 is 1.89 bits per heavy atom. The van der Waals surface area contributed by atoms with Crippen LogP contribution in [0.5, 0.6) is 5.75 Å². The number of benzene rings is 1. The maximum absolute atomic E-state index is 12.0. The van der Waals surface area contributed by atoms with Gasteiger partial charge in [-0.05, 0) is 25.5 Å². The van der Waals surface area contributed by atoms with E-state index in [0.717, 1.165) is 6.42 Å². The summed E-state index contributed by atoms with van der Waals surface area (Å²) < 4.78 is 9.99. The molecule has 6 heteroatoms. The Hall–Kier alpha value is -0.970. The van der Waals surface area contributed by atoms with E-state index in [1.807, 2.05) is 6.92 Å². The van der Waals surface area contributed by atoms with Crippen LogP contribution in [0.2, 0.25) is 10.0 Å². The van der Waals surface area contributed by atoms with Gasteiger partial charge in [0.25, 0.3) is 5.91 Å². The van der Waals surface area contributed by atoms with E-state index in [1.54, 1.807) is 7.11 Å². The molecule has 4 nitrogen and oxygen atoms in total. The minimum atomic E-state index is -0.227. The third kappa shape index (κ3) is 4.56. The summed E-state index contributed by atoms with van der Waals surface area (Å²) >= 11 is 12.0. The molecular formula is C13H17Cl2NO3. The fraction of sp³-hybridized carbons (Fsp3) is 0.462. The number of carbonyl (C=O) groups is 1. The van der Waals surface area contributed by atoms with Crippen LogP contribution in [0.3, 0.4) is 0 Å². The monoisotopic (exact) mass is 305 g/mol. The van der Waals surface area contributed by atoms with Crippen LogP contribution in [-0.2, 0) is 4.74 Å². The first-order chi connectivity index (χ1) is 8.99. The number of hydrogen-bond donors (Lipinski definition) is 1. The highest BCUT2D eigenvalue weighted by Gasteiger charge is 2.15. The topological polar surface area (TPSA) is 47.6 Å². The molecule has 0 heterocycles. The molecule has 0 aliphatic rings. The van der Waals surface area contributed by atoms with E-state index < -0.39 is 0 Å². The van der Waals surface area contributed by atoms with Gasteiger partial charge in [0.2, 0.25) is 0 Å². The first-order valence-corrected chi connectivity index (χ1v) is 6.58. The summed E-state index contributed by atoms with van der Waals surface area (Å²) in [5, 5.41) is 3.47. The zero-order chi connectivity index (χ0) is 14.4. The Bertz CT molecular complexity index is 429. The molecule has 0 saturated carbocycles. The second-order valence-electron chi connectivity index (χ2n) is 4.13. The zero-order valence-corrected chi connectivity index (χ0v) is 12.6. The maximum Gasteiger partial charge on any atom is 0.251 e. The Labute approximate surface area is 123 Å². The van der Waals surface area contributed by atoms with E-state index in [0.29, 0.717) is 28.0 Å². The Morgan fingerprint density at radius 3 is 2.37 bits per heavy atom. The van der Waals surface area contributed by atoms with Gasteiger partial charge in [0.1, 0.15) is 0 Å². The highest BCUT2D eigenvalue weighted by atomic mass is 35.5. The average Bonchev–Trinajstić information content (AvgIpc) is 2.35. The third-order valence-electron chi connectivity index (χ3n) is 2.60. The number of nitrogens with one attached hydrogen (secondary N) is 1. The first-order valence-electron chi connectivity index (χ1n) is 5.82. The van der Waals surface area contributed by atoms with E-state index in [1.165, 1.54) is 19.2 Å². The van der Waals surface area contributed by atoms with Crippen molar-refractivity contribution >= 4 is 29.1 Å². The van der Waals surface area contributed by atoms with Gasteiger partial charge in [-0.15, -0.1) is 0 Å². The van der Waals surface area contributed by atoms with Crippen LogP contribution in [0.15, 0.2) is 12.1 Å². The SMILES string of the molecule is COCC[C@@H](C)NC(=O)c1cc(Cl)c(OC)c(Cl)c1. The molecule has 0 aliphatic heterocycles. The number of rotatable bonds is 6. The zero-order valence-electron chi connectivity index (χ0n) is 11.1. The van der Waals surface area contributed by atoms with Gasteiger partial charge in [-0.1, -0.05) is 23.2 Å². The number of amides is 1. The van der Waals surface area contributed by atoms with Crippen LogP contribution in [0.4, 0.5) is 0 Å². The number of carbonyl (C=O) groups excluding carboxylic acids is 1. The highest BCUT2D eigenvalue weighted by Crippen LogP contribution is 2.33. The summed E-state index contributed by atoms with van der Waals surface area (Å²) in [4.78, 5) is 12.0. The van der Waals surface area contributed by atoms with Crippen molar-refractivity contribution in [2.75, 3.05) is 20.8 Å². The summed E-state index contributed by atoms with van der Waals surface area (Å²) in [5.41, 5.74) is 0.403. The Balaban J connectivity index is 2.78. The van der Waals surface area contributed by atoms with Crippen LogP contribution < -0.4 is 10.1 Å². The fourth-order valence-corrected chi connectivity index (χ4v) is 2.20. The predicted molar refractivity (Wildman–Crippen MR) is 76.4 cm³/mol. The number of methoxy groups -OCH3 is 2. The molecule has 0 aromatic heterocycles. The van der Waals surface area contributed by atoms with Crippen LogP contribution in [0, 0.1) is 0 Å². The largest absolute Gasteiger partial charge is 0.494 e. The van der Waals surface area contributed by atoms with Crippen molar-refractivity contribution in [1.29, 1.82) is 0 Å². The van der Waals surface area contributed by atoms with Crippen LogP contribution in [-0.4, -0.2) is 32.8 Å². The quantitative estimate of drug-likeness (QED) is 0.878. The van der Waals surface area contributed by atoms with Gasteiger partial charge in [0.05, 0.1) is 17.2 Å². The van der Waals surface area contributed by atoms with Crippen molar-refractivity contribution < 1.29 is 14.3 Å². The molecule has 1 atom stereocenters. The molecule has 0 bridgehead atoms. The number of halogens is 2. The second-order valence-corrected chi connectivity index (χ2v) is 4.94. The minimum absolute atomic E-state index is 0.00658. The Kier molecular flexibility index (Phi) is 6.42. The minimum Gasteiger partial charge on any atom is -0.494 e. The lowest BCUT2D eigenvalue weighted by atomic mass is 10.1. The summed E-state index contributed by atoms with van der Waals surface area (Å²) in [6, 6.07) is 3.07. The molecule has 19 heavy (non-hydrogen) atoms. The van der Waals surface area contributed by atoms with Crippen molar-refractivity contribution in [2.24, 2.45) is 0 Å². The molecule has 1 amide bonds. The number of ether oxygens (including phenoxy) is 2. The van der Waals surface area contributed by atoms with Gasteiger partial charge in [-0.3, -0.25) is 4.79 Å². The summed E-state index contributed by atoms with van der Waals surface area (Å²) in [5.74, 6) is 0.141. The predicted octanol–water partition coefficient (Wildman–Crippen LogP) is 3.16. The van der Waals surface area contributed by atoms with Crippen LogP contribution in [0.1, 0.15) is 23.7 Å². The maximum atomic E-state index is 12.0. The molecule has 0 saturated heterocycles. The van der Waals surface area contributed by atoms with E-state index in [2.05, 4.69) is 5.32 Å². The molecule has 0 aliphatic carbocycles. The summed E-state index contributed by atoms with van der Waals surface area (Å²) in [7, 11) is 3.09. The molecule has 0 spiro atoms. The molecule has 0 fully saturated rings. The van der Waals surface area contributed by atoms with Gasteiger partial charge < -0.3 is 14.8 Å². The summed E-state index contributed by atoms with van der Waals surface area (Å²) in [6.07, 6.45) is 0.736. The van der Waals surface area contributed by atoms with Gasteiger partial charge in [-0.25, -0.2) is 0 Å². The molecule has 0 unspecified atom stereocenters. The van der Waals surface area contributed by atoms with Crippen molar-refractivity contribution in [3.63, 3.8) is 0 Å². The van der Waals surface area contributed by atoms with Gasteiger partial charge in [0.15, 0.2) is 5.75 Å². The lowest BCUT2D eigenvalue weighted by molar-refractivity contribution is 0.0929. The van der Waals surface area contributed by atoms with E-state index in [-0.39, 0.29) is 11.9 Å². The van der Waals surface area contributed by atoms with E-state index in [9.17, 15) is 4.79 Å². The third-order valence-corrected chi connectivity index (χ3v) is 3.16. The van der Waals surface area contributed by atoms with Gasteiger partial charge >= 0.3 is 0 Å². The standard InChI is InChI=1S/C13H17Cl2NO3/c1-8(4-5-18-2)16-13(17)9-6-10(14)12(19-3)11(15)7-9/h6-8H,4-5H2,1-3H3,(H,16,17)/t8-/m1/s1. The van der Waals surface area contributed by atoms with E-state index in [4.69, 9.17) is 32.7 Å². The molecule has 1 aromatic rings. The van der Waals surface area contributed by atoms with Crippen molar-refractivity contribution in [3.8, 4) is 5.75 Å².